The van der Waals surface area contributed by atoms with Gasteiger partial charge in [-0.05, 0) is 55.8 Å². The van der Waals surface area contributed by atoms with Crippen molar-refractivity contribution in [2.24, 2.45) is 29.6 Å². The van der Waals surface area contributed by atoms with Crippen molar-refractivity contribution in [2.45, 2.75) is 38.2 Å². The summed E-state index contributed by atoms with van der Waals surface area (Å²) in [5.41, 5.74) is 0. The Kier molecular flexibility index (Phi) is 3.26. The van der Waals surface area contributed by atoms with E-state index in [0.29, 0.717) is 18.4 Å². The van der Waals surface area contributed by atoms with Gasteiger partial charge in [0.05, 0.1) is 19.3 Å². The lowest BCUT2D eigenvalue weighted by Gasteiger charge is -2.32. The molecule has 4 heteroatoms. The third kappa shape index (κ3) is 2.00. The summed E-state index contributed by atoms with van der Waals surface area (Å²) >= 11 is 0. The van der Waals surface area contributed by atoms with Crippen molar-refractivity contribution in [1.82, 2.24) is 4.90 Å². The molecule has 4 unspecified atom stereocenters. The summed E-state index contributed by atoms with van der Waals surface area (Å²) in [6.45, 7) is 2.21. The van der Waals surface area contributed by atoms with Gasteiger partial charge in [0, 0.05) is 19.0 Å². The molecule has 112 valence electrons. The predicted octanol–water partition coefficient (Wildman–Crippen LogP) is 1.28. The number of carbonyl (C=O) groups is 1. The van der Waals surface area contributed by atoms with E-state index in [4.69, 9.17) is 9.84 Å². The van der Waals surface area contributed by atoms with E-state index >= 15 is 0 Å². The van der Waals surface area contributed by atoms with Crippen LogP contribution in [0.5, 0.6) is 0 Å². The van der Waals surface area contributed by atoms with Crippen LogP contribution in [0, 0.1) is 29.6 Å². The van der Waals surface area contributed by atoms with Gasteiger partial charge in [-0.25, -0.2) is 0 Å². The number of rotatable bonds is 4. The minimum atomic E-state index is 0.0906. The first-order valence-electron chi connectivity index (χ1n) is 8.31. The zero-order chi connectivity index (χ0) is 13.7. The highest BCUT2D eigenvalue weighted by atomic mass is 16.5. The predicted molar refractivity (Wildman–Crippen MR) is 73.9 cm³/mol. The van der Waals surface area contributed by atoms with Gasteiger partial charge < -0.3 is 14.7 Å². The van der Waals surface area contributed by atoms with Crippen LogP contribution in [0.2, 0.25) is 0 Å². The van der Waals surface area contributed by atoms with Crippen LogP contribution in [-0.2, 0) is 9.53 Å². The van der Waals surface area contributed by atoms with Gasteiger partial charge in [-0.2, -0.15) is 0 Å². The Morgan fingerprint density at radius 1 is 1.10 bits per heavy atom. The van der Waals surface area contributed by atoms with E-state index in [0.717, 1.165) is 49.6 Å². The van der Waals surface area contributed by atoms with E-state index in [1.165, 1.54) is 19.3 Å². The number of nitrogens with zero attached hydrogens (tertiary/aromatic N) is 1. The van der Waals surface area contributed by atoms with Crippen LogP contribution in [0.25, 0.3) is 0 Å². The molecule has 4 nitrogen and oxygen atoms in total. The summed E-state index contributed by atoms with van der Waals surface area (Å²) in [6.07, 6.45) is 6.28. The number of hydrogen-bond acceptors (Lipinski definition) is 3. The summed E-state index contributed by atoms with van der Waals surface area (Å²) in [6, 6.07) is 0. The highest BCUT2D eigenvalue weighted by Crippen LogP contribution is 2.69. The molecule has 0 aromatic heterocycles. The Morgan fingerprint density at radius 2 is 1.75 bits per heavy atom. The van der Waals surface area contributed by atoms with E-state index < -0.39 is 0 Å². The van der Waals surface area contributed by atoms with E-state index in [1.807, 2.05) is 0 Å². The molecule has 20 heavy (non-hydrogen) atoms. The lowest BCUT2D eigenvalue weighted by molar-refractivity contribution is -0.136. The van der Waals surface area contributed by atoms with Crippen molar-refractivity contribution in [1.29, 1.82) is 0 Å². The van der Waals surface area contributed by atoms with Gasteiger partial charge in [-0.1, -0.05) is 0 Å². The number of ether oxygens (including phenoxy) is 1. The normalized spacial score (nSPS) is 42.9. The standard InChI is InChI=1S/C16H25NO3/c18-7-8-20-12-3-5-17(6-4-12)16(19)15-13-10-1-2-11(9-10)14(13)15/h10-15,18H,1-9H2. The third-order valence-corrected chi connectivity index (χ3v) is 6.22. The first-order valence-corrected chi connectivity index (χ1v) is 8.31. The fraction of sp³-hybridized carbons (Fsp3) is 0.938. The van der Waals surface area contributed by atoms with Crippen LogP contribution in [0.3, 0.4) is 0 Å². The largest absolute Gasteiger partial charge is 0.394 e. The molecular formula is C16H25NO3. The molecule has 0 aromatic carbocycles. The molecule has 1 aliphatic heterocycles. The maximum atomic E-state index is 12.7. The molecule has 0 radical (unpaired) electrons. The molecule has 4 aliphatic rings. The number of piperidine rings is 1. The lowest BCUT2D eigenvalue weighted by Crippen LogP contribution is -2.42. The fourth-order valence-electron chi connectivity index (χ4n) is 5.33. The quantitative estimate of drug-likeness (QED) is 0.843. The number of aliphatic hydroxyl groups excluding tert-OH is 1. The minimum absolute atomic E-state index is 0.0906. The molecule has 1 N–H and O–H groups in total. The van der Waals surface area contributed by atoms with Gasteiger partial charge in [-0.3, -0.25) is 4.79 Å². The van der Waals surface area contributed by atoms with Crippen molar-refractivity contribution >= 4 is 5.91 Å². The number of hydrogen-bond donors (Lipinski definition) is 1. The minimum Gasteiger partial charge on any atom is -0.394 e. The Balaban J connectivity index is 1.29. The van der Waals surface area contributed by atoms with Crippen LogP contribution >= 0.6 is 0 Å². The number of aliphatic hydroxyl groups is 1. The van der Waals surface area contributed by atoms with Crippen LogP contribution < -0.4 is 0 Å². The second-order valence-corrected chi connectivity index (χ2v) is 7.13. The van der Waals surface area contributed by atoms with Crippen molar-refractivity contribution < 1.29 is 14.6 Å². The average Bonchev–Trinajstić information content (AvgIpc) is 2.92. The average molecular weight is 279 g/mol. The smallest absolute Gasteiger partial charge is 0.226 e. The molecule has 3 saturated carbocycles. The van der Waals surface area contributed by atoms with Crippen LogP contribution in [0.15, 0.2) is 0 Å². The fourth-order valence-corrected chi connectivity index (χ4v) is 5.33. The molecule has 1 amide bonds. The van der Waals surface area contributed by atoms with Crippen molar-refractivity contribution in [3.8, 4) is 0 Å². The zero-order valence-corrected chi connectivity index (χ0v) is 12.0. The SMILES string of the molecule is O=C(C1C2C3CCC(C3)C12)N1CCC(OCCO)CC1. The third-order valence-electron chi connectivity index (χ3n) is 6.22. The van der Waals surface area contributed by atoms with Crippen LogP contribution in [0.1, 0.15) is 32.1 Å². The van der Waals surface area contributed by atoms with Gasteiger partial charge in [0.15, 0.2) is 0 Å². The van der Waals surface area contributed by atoms with E-state index in [-0.39, 0.29) is 12.7 Å². The van der Waals surface area contributed by atoms with Crippen molar-refractivity contribution in [2.75, 3.05) is 26.3 Å². The summed E-state index contributed by atoms with van der Waals surface area (Å²) in [5, 5.41) is 8.78. The molecule has 4 rings (SSSR count). The molecule has 4 fully saturated rings. The lowest BCUT2D eigenvalue weighted by atomic mass is 10.0. The monoisotopic (exact) mass is 279 g/mol. The van der Waals surface area contributed by atoms with Crippen molar-refractivity contribution in [3.05, 3.63) is 0 Å². The molecule has 1 heterocycles. The summed E-state index contributed by atoms with van der Waals surface area (Å²) < 4.78 is 5.57. The molecular weight excluding hydrogens is 254 g/mol. The number of fused-ring (bicyclic) bond motifs is 5. The molecule has 2 bridgehead atoms. The number of likely N-dealkylation sites (tertiary alicyclic amines) is 1. The van der Waals surface area contributed by atoms with Gasteiger partial charge in [0.2, 0.25) is 5.91 Å². The Hall–Kier alpha value is -0.610. The molecule has 3 aliphatic carbocycles. The molecule has 1 saturated heterocycles. The second-order valence-electron chi connectivity index (χ2n) is 7.13. The summed E-state index contributed by atoms with van der Waals surface area (Å²) in [5.74, 6) is 4.09. The van der Waals surface area contributed by atoms with Crippen molar-refractivity contribution in [3.63, 3.8) is 0 Å². The number of carbonyl (C=O) groups excluding carboxylic acids is 1. The maximum absolute atomic E-state index is 12.7. The van der Waals surface area contributed by atoms with E-state index in [2.05, 4.69) is 4.90 Å². The van der Waals surface area contributed by atoms with E-state index in [1.54, 1.807) is 0 Å². The highest BCUT2D eigenvalue weighted by molar-refractivity contribution is 5.83. The summed E-state index contributed by atoms with van der Waals surface area (Å²) in [7, 11) is 0. The van der Waals surface area contributed by atoms with E-state index in [9.17, 15) is 4.79 Å². The van der Waals surface area contributed by atoms with Crippen LogP contribution in [-0.4, -0.2) is 48.3 Å². The molecule has 0 aromatic rings. The van der Waals surface area contributed by atoms with Crippen LogP contribution in [0.4, 0.5) is 0 Å². The zero-order valence-electron chi connectivity index (χ0n) is 12.0. The Labute approximate surface area is 120 Å². The second kappa shape index (κ2) is 4.99. The molecule has 0 spiro atoms. The van der Waals surface area contributed by atoms with Gasteiger partial charge >= 0.3 is 0 Å². The van der Waals surface area contributed by atoms with Gasteiger partial charge in [-0.15, -0.1) is 0 Å². The first kappa shape index (κ1) is 13.1. The highest BCUT2D eigenvalue weighted by Gasteiger charge is 2.67. The first-order chi connectivity index (χ1) is 9.79. The van der Waals surface area contributed by atoms with Gasteiger partial charge in [0.25, 0.3) is 0 Å². The summed E-state index contributed by atoms with van der Waals surface area (Å²) in [4.78, 5) is 14.7. The topological polar surface area (TPSA) is 49.8 Å². The van der Waals surface area contributed by atoms with Gasteiger partial charge in [0.1, 0.15) is 0 Å². The number of amides is 1. The Bertz CT molecular complexity index is 375. The maximum Gasteiger partial charge on any atom is 0.226 e. The molecule has 4 atom stereocenters. The Morgan fingerprint density at radius 3 is 2.35 bits per heavy atom.